The molecule has 2 rings (SSSR count). The number of methoxy groups -OCH3 is 1. The van der Waals surface area contributed by atoms with Crippen LogP contribution in [0.5, 0.6) is 0 Å². The van der Waals surface area contributed by atoms with Gasteiger partial charge in [-0.25, -0.2) is 18.2 Å². The minimum Gasteiger partial charge on any atom is -0.464 e. The highest BCUT2D eigenvalue weighted by Crippen LogP contribution is 2.31. The first kappa shape index (κ1) is 15.4. The molecule has 0 N–H and O–H groups in total. The topological polar surface area (TPSA) is 76.6 Å². The van der Waals surface area contributed by atoms with Crippen LogP contribution in [0.2, 0.25) is 0 Å². The van der Waals surface area contributed by atoms with E-state index in [1.807, 2.05) is 13.8 Å². The van der Waals surface area contributed by atoms with Gasteiger partial charge >= 0.3 is 5.97 Å². The van der Waals surface area contributed by atoms with E-state index in [-0.39, 0.29) is 15.9 Å². The first-order valence-corrected chi connectivity index (χ1v) is 8.73. The largest absolute Gasteiger partial charge is 0.464 e. The monoisotopic (exact) mass is 318 g/mol. The number of rotatable bonds is 3. The number of carbonyl (C=O) groups excluding carboxylic acids is 1. The number of hydrogen-bond donors (Lipinski definition) is 0. The molecule has 1 aliphatic heterocycles. The third-order valence-electron chi connectivity index (χ3n) is 3.52. The molecule has 8 heteroatoms. The SMILES string of the molecule is COC(=O)c1ncsc1S(=O)(=O)N1CC(C)CCC1C. The van der Waals surface area contributed by atoms with Crippen molar-refractivity contribution in [2.24, 2.45) is 5.92 Å². The summed E-state index contributed by atoms with van der Waals surface area (Å²) in [6.45, 7) is 4.40. The minimum absolute atomic E-state index is 0.0229. The number of thiazole rings is 1. The fraction of sp³-hybridized carbons (Fsp3) is 0.667. The normalized spacial score (nSPS) is 24.6. The summed E-state index contributed by atoms with van der Waals surface area (Å²) in [6.07, 6.45) is 1.84. The molecule has 2 heterocycles. The summed E-state index contributed by atoms with van der Waals surface area (Å²) in [5.41, 5.74) is 1.24. The van der Waals surface area contributed by atoms with Gasteiger partial charge in [0, 0.05) is 12.6 Å². The summed E-state index contributed by atoms with van der Waals surface area (Å²) in [5, 5.41) is 0. The molecule has 1 fully saturated rings. The highest BCUT2D eigenvalue weighted by Gasteiger charge is 2.37. The maximum atomic E-state index is 12.7. The van der Waals surface area contributed by atoms with Crippen molar-refractivity contribution < 1.29 is 17.9 Å². The fourth-order valence-corrected chi connectivity index (χ4v) is 5.37. The summed E-state index contributed by atoms with van der Waals surface area (Å²) >= 11 is 0.956. The third kappa shape index (κ3) is 2.72. The van der Waals surface area contributed by atoms with Crippen LogP contribution in [-0.4, -0.2) is 43.4 Å². The van der Waals surface area contributed by atoms with E-state index in [4.69, 9.17) is 0 Å². The average molecular weight is 318 g/mol. The molecule has 2 unspecified atom stereocenters. The first-order chi connectivity index (χ1) is 9.37. The molecule has 0 spiro atoms. The van der Waals surface area contributed by atoms with Crippen molar-refractivity contribution in [1.82, 2.24) is 9.29 Å². The number of carbonyl (C=O) groups is 1. The summed E-state index contributed by atoms with van der Waals surface area (Å²) in [4.78, 5) is 15.4. The number of nitrogens with zero attached hydrogens (tertiary/aromatic N) is 2. The first-order valence-electron chi connectivity index (χ1n) is 6.41. The number of piperidine rings is 1. The van der Waals surface area contributed by atoms with E-state index in [9.17, 15) is 13.2 Å². The van der Waals surface area contributed by atoms with Gasteiger partial charge < -0.3 is 4.74 Å². The van der Waals surface area contributed by atoms with Gasteiger partial charge in [0.05, 0.1) is 12.6 Å². The zero-order valence-electron chi connectivity index (χ0n) is 11.7. The molecule has 1 saturated heterocycles. The van der Waals surface area contributed by atoms with Crippen molar-refractivity contribution >= 4 is 27.3 Å². The standard InChI is InChI=1S/C12H18N2O4S2/c1-8-4-5-9(2)14(6-8)20(16,17)12-10(11(15)18-3)13-7-19-12/h7-9H,4-6H2,1-3H3. The van der Waals surface area contributed by atoms with Gasteiger partial charge in [-0.2, -0.15) is 4.31 Å². The van der Waals surface area contributed by atoms with E-state index in [0.29, 0.717) is 12.5 Å². The van der Waals surface area contributed by atoms with Gasteiger partial charge in [0.15, 0.2) is 9.90 Å². The van der Waals surface area contributed by atoms with Crippen molar-refractivity contribution in [3.8, 4) is 0 Å². The van der Waals surface area contributed by atoms with Crippen LogP contribution >= 0.6 is 11.3 Å². The second-order valence-corrected chi connectivity index (χ2v) is 8.03. The molecule has 6 nitrogen and oxygen atoms in total. The molecule has 1 aromatic rings. The minimum atomic E-state index is -3.70. The van der Waals surface area contributed by atoms with Gasteiger partial charge in [-0.1, -0.05) is 6.92 Å². The van der Waals surface area contributed by atoms with E-state index in [0.717, 1.165) is 24.2 Å². The van der Waals surface area contributed by atoms with Gasteiger partial charge in [-0.05, 0) is 25.7 Å². The van der Waals surface area contributed by atoms with Crippen molar-refractivity contribution in [2.75, 3.05) is 13.7 Å². The lowest BCUT2D eigenvalue weighted by Gasteiger charge is -2.35. The molecule has 112 valence electrons. The maximum Gasteiger partial charge on any atom is 0.358 e. The summed E-state index contributed by atoms with van der Waals surface area (Å²) in [5.74, 6) is -0.405. The number of hydrogen-bond acceptors (Lipinski definition) is 6. The smallest absolute Gasteiger partial charge is 0.358 e. The Labute approximate surface area is 122 Å². The van der Waals surface area contributed by atoms with Crippen molar-refractivity contribution in [1.29, 1.82) is 0 Å². The number of esters is 1. The lowest BCUT2D eigenvalue weighted by molar-refractivity contribution is 0.0590. The average Bonchev–Trinajstić information content (AvgIpc) is 2.90. The Morgan fingerprint density at radius 2 is 2.15 bits per heavy atom. The highest BCUT2D eigenvalue weighted by atomic mass is 32.2. The second kappa shape index (κ2) is 5.79. The van der Waals surface area contributed by atoms with Gasteiger partial charge in [0.25, 0.3) is 10.0 Å². The van der Waals surface area contributed by atoms with Crippen LogP contribution in [0.15, 0.2) is 9.72 Å². The molecule has 0 aromatic carbocycles. The van der Waals surface area contributed by atoms with Crippen LogP contribution in [0.25, 0.3) is 0 Å². The Hall–Kier alpha value is -0.990. The van der Waals surface area contributed by atoms with E-state index in [2.05, 4.69) is 9.72 Å². The number of aromatic nitrogens is 1. The van der Waals surface area contributed by atoms with Crippen molar-refractivity contribution in [3.05, 3.63) is 11.2 Å². The Morgan fingerprint density at radius 3 is 2.80 bits per heavy atom. The molecular weight excluding hydrogens is 300 g/mol. The maximum absolute atomic E-state index is 12.7. The molecule has 20 heavy (non-hydrogen) atoms. The lowest BCUT2D eigenvalue weighted by Crippen LogP contribution is -2.44. The Balaban J connectivity index is 2.40. The summed E-state index contributed by atoms with van der Waals surface area (Å²) < 4.78 is 31.5. The van der Waals surface area contributed by atoms with Gasteiger partial charge in [-0.3, -0.25) is 0 Å². The zero-order valence-corrected chi connectivity index (χ0v) is 13.3. The molecular formula is C12H18N2O4S2. The van der Waals surface area contributed by atoms with E-state index in [1.54, 1.807) is 0 Å². The quantitative estimate of drug-likeness (QED) is 0.793. The zero-order chi connectivity index (χ0) is 14.9. The molecule has 2 atom stereocenters. The summed E-state index contributed by atoms with van der Waals surface area (Å²) in [7, 11) is -2.49. The molecule has 0 radical (unpaired) electrons. The van der Waals surface area contributed by atoms with Gasteiger partial charge in [0.2, 0.25) is 0 Å². The molecule has 0 amide bonds. The van der Waals surface area contributed by atoms with Crippen molar-refractivity contribution in [3.63, 3.8) is 0 Å². The van der Waals surface area contributed by atoms with Crippen molar-refractivity contribution in [2.45, 2.75) is 36.9 Å². The van der Waals surface area contributed by atoms with Crippen LogP contribution in [0.3, 0.4) is 0 Å². The lowest BCUT2D eigenvalue weighted by atomic mass is 9.97. The van der Waals surface area contributed by atoms with Crippen LogP contribution < -0.4 is 0 Å². The van der Waals surface area contributed by atoms with Crippen LogP contribution in [0.1, 0.15) is 37.2 Å². The van der Waals surface area contributed by atoms with E-state index in [1.165, 1.54) is 16.9 Å². The van der Waals surface area contributed by atoms with E-state index >= 15 is 0 Å². The molecule has 1 aromatic heterocycles. The summed E-state index contributed by atoms with van der Waals surface area (Å²) in [6, 6.07) is -0.0659. The number of sulfonamides is 1. The van der Waals surface area contributed by atoms with Crippen LogP contribution in [0.4, 0.5) is 0 Å². The molecule has 0 bridgehead atoms. The predicted octanol–water partition coefficient (Wildman–Crippen LogP) is 1.74. The van der Waals surface area contributed by atoms with Gasteiger partial charge in [0.1, 0.15) is 0 Å². The van der Waals surface area contributed by atoms with E-state index < -0.39 is 16.0 Å². The molecule has 0 aliphatic carbocycles. The molecule has 0 saturated carbocycles. The fourth-order valence-electron chi connectivity index (χ4n) is 2.34. The highest BCUT2D eigenvalue weighted by molar-refractivity contribution is 7.91. The Morgan fingerprint density at radius 1 is 1.45 bits per heavy atom. The van der Waals surface area contributed by atoms with Crippen LogP contribution in [-0.2, 0) is 14.8 Å². The number of ether oxygens (including phenoxy) is 1. The third-order valence-corrected chi connectivity index (χ3v) is 6.84. The second-order valence-electron chi connectivity index (χ2n) is 5.09. The van der Waals surface area contributed by atoms with Crippen LogP contribution in [0, 0.1) is 5.92 Å². The Bertz CT molecular complexity index is 596. The Kier molecular flexibility index (Phi) is 4.46. The predicted molar refractivity (Wildman–Crippen MR) is 75.2 cm³/mol. The molecule has 1 aliphatic rings. The van der Waals surface area contributed by atoms with Gasteiger partial charge in [-0.15, -0.1) is 11.3 Å².